The highest BCUT2D eigenvalue weighted by molar-refractivity contribution is 6.32. The van der Waals surface area contributed by atoms with Crippen LogP contribution in [0.25, 0.3) is 0 Å². The summed E-state index contributed by atoms with van der Waals surface area (Å²) in [5, 5.41) is 0.290. The summed E-state index contributed by atoms with van der Waals surface area (Å²) in [4.78, 5) is 0. The SMILES string of the molecule is CCCCC[C@@H](N)c1cc(F)c(OCC)c(Cl)c1. The smallest absolute Gasteiger partial charge is 0.173 e. The van der Waals surface area contributed by atoms with Crippen molar-refractivity contribution in [3.8, 4) is 5.75 Å². The number of benzene rings is 1. The van der Waals surface area contributed by atoms with Crippen LogP contribution in [0.15, 0.2) is 12.1 Å². The molecule has 1 rings (SSSR count). The Kier molecular flexibility index (Phi) is 6.44. The summed E-state index contributed by atoms with van der Waals surface area (Å²) >= 11 is 6.00. The fourth-order valence-electron chi connectivity index (χ4n) is 1.86. The maximum absolute atomic E-state index is 13.8. The summed E-state index contributed by atoms with van der Waals surface area (Å²) < 4.78 is 18.9. The Balaban J connectivity index is 2.78. The minimum atomic E-state index is -0.440. The van der Waals surface area contributed by atoms with Crippen LogP contribution in [0, 0.1) is 5.82 Å². The summed E-state index contributed by atoms with van der Waals surface area (Å²) in [6.07, 6.45) is 4.17. The van der Waals surface area contributed by atoms with Gasteiger partial charge in [-0.1, -0.05) is 37.8 Å². The largest absolute Gasteiger partial charge is 0.489 e. The average molecular weight is 274 g/mol. The molecule has 0 aromatic heterocycles. The van der Waals surface area contributed by atoms with Gasteiger partial charge in [0.1, 0.15) is 0 Å². The third-order valence-corrected chi connectivity index (χ3v) is 3.14. The number of unbranched alkanes of at least 4 members (excludes halogenated alkanes) is 2. The van der Waals surface area contributed by atoms with Crippen LogP contribution in [0.1, 0.15) is 51.1 Å². The van der Waals surface area contributed by atoms with Gasteiger partial charge in [0.25, 0.3) is 0 Å². The molecule has 1 aromatic rings. The van der Waals surface area contributed by atoms with E-state index in [2.05, 4.69) is 6.92 Å². The zero-order chi connectivity index (χ0) is 13.5. The van der Waals surface area contributed by atoms with E-state index < -0.39 is 5.82 Å². The topological polar surface area (TPSA) is 35.2 Å². The fraction of sp³-hybridized carbons (Fsp3) is 0.571. The van der Waals surface area contributed by atoms with Gasteiger partial charge in [0.15, 0.2) is 11.6 Å². The molecule has 1 atom stereocenters. The van der Waals surface area contributed by atoms with Crippen LogP contribution in [-0.4, -0.2) is 6.61 Å². The van der Waals surface area contributed by atoms with E-state index in [0.29, 0.717) is 6.61 Å². The van der Waals surface area contributed by atoms with Gasteiger partial charge >= 0.3 is 0 Å². The van der Waals surface area contributed by atoms with Crippen molar-refractivity contribution < 1.29 is 9.13 Å². The maximum Gasteiger partial charge on any atom is 0.173 e. The van der Waals surface area contributed by atoms with Crippen LogP contribution in [0.5, 0.6) is 5.75 Å². The van der Waals surface area contributed by atoms with Crippen LogP contribution in [0.3, 0.4) is 0 Å². The standard InChI is InChI=1S/C14H21ClFNO/c1-3-5-6-7-13(17)10-8-11(15)14(18-4-2)12(16)9-10/h8-9,13H,3-7,17H2,1-2H3/t13-/m1/s1. The second-order valence-electron chi connectivity index (χ2n) is 4.35. The highest BCUT2D eigenvalue weighted by atomic mass is 35.5. The molecule has 4 heteroatoms. The van der Waals surface area contributed by atoms with E-state index in [1.54, 1.807) is 13.0 Å². The molecular weight excluding hydrogens is 253 g/mol. The van der Waals surface area contributed by atoms with E-state index in [1.165, 1.54) is 6.07 Å². The lowest BCUT2D eigenvalue weighted by atomic mass is 10.0. The third-order valence-electron chi connectivity index (χ3n) is 2.86. The number of halogens is 2. The third kappa shape index (κ3) is 4.14. The predicted molar refractivity (Wildman–Crippen MR) is 73.6 cm³/mol. The average Bonchev–Trinajstić information content (AvgIpc) is 2.33. The van der Waals surface area contributed by atoms with E-state index in [0.717, 1.165) is 31.2 Å². The van der Waals surface area contributed by atoms with Gasteiger partial charge in [0.2, 0.25) is 0 Å². The molecule has 0 heterocycles. The summed E-state index contributed by atoms with van der Waals surface area (Å²) in [5.41, 5.74) is 6.76. The summed E-state index contributed by atoms with van der Waals surface area (Å²) in [7, 11) is 0. The highest BCUT2D eigenvalue weighted by Gasteiger charge is 2.14. The fourth-order valence-corrected chi connectivity index (χ4v) is 2.13. The first kappa shape index (κ1) is 15.3. The van der Waals surface area contributed by atoms with Gasteiger partial charge in [-0.3, -0.25) is 0 Å². The van der Waals surface area contributed by atoms with Crippen molar-refractivity contribution in [2.45, 2.75) is 45.6 Å². The molecule has 2 N–H and O–H groups in total. The lowest BCUT2D eigenvalue weighted by Crippen LogP contribution is -2.11. The Morgan fingerprint density at radius 3 is 2.61 bits per heavy atom. The molecule has 1 aromatic carbocycles. The Morgan fingerprint density at radius 2 is 2.06 bits per heavy atom. The Morgan fingerprint density at radius 1 is 1.33 bits per heavy atom. The zero-order valence-electron chi connectivity index (χ0n) is 11.0. The van der Waals surface area contributed by atoms with E-state index in [9.17, 15) is 4.39 Å². The molecular formula is C14H21ClFNO. The molecule has 0 unspecified atom stereocenters. The minimum absolute atomic E-state index is 0.115. The number of hydrogen-bond donors (Lipinski definition) is 1. The quantitative estimate of drug-likeness (QED) is 0.745. The zero-order valence-corrected chi connectivity index (χ0v) is 11.8. The Labute approximate surface area is 113 Å². The molecule has 0 aliphatic rings. The predicted octanol–water partition coefficient (Wildman–Crippen LogP) is 4.46. The van der Waals surface area contributed by atoms with Crippen LogP contribution >= 0.6 is 11.6 Å². The van der Waals surface area contributed by atoms with Crippen molar-refractivity contribution in [2.75, 3.05) is 6.61 Å². The maximum atomic E-state index is 13.8. The van der Waals surface area contributed by atoms with Crippen molar-refractivity contribution in [1.82, 2.24) is 0 Å². The van der Waals surface area contributed by atoms with Crippen LogP contribution in [0.2, 0.25) is 5.02 Å². The number of rotatable bonds is 7. The van der Waals surface area contributed by atoms with E-state index in [-0.39, 0.29) is 16.8 Å². The molecule has 18 heavy (non-hydrogen) atoms. The van der Waals surface area contributed by atoms with Crippen LogP contribution in [-0.2, 0) is 0 Å². The summed E-state index contributed by atoms with van der Waals surface area (Å²) in [5.74, 6) is -0.325. The van der Waals surface area contributed by atoms with Crippen molar-refractivity contribution >= 4 is 11.6 Å². The molecule has 0 bridgehead atoms. The van der Waals surface area contributed by atoms with Gasteiger partial charge in [-0.15, -0.1) is 0 Å². The number of hydrogen-bond acceptors (Lipinski definition) is 2. The molecule has 102 valence electrons. The van der Waals surface area contributed by atoms with E-state index in [1.807, 2.05) is 0 Å². The van der Waals surface area contributed by atoms with Crippen LogP contribution < -0.4 is 10.5 Å². The van der Waals surface area contributed by atoms with Crippen LogP contribution in [0.4, 0.5) is 4.39 Å². The lowest BCUT2D eigenvalue weighted by Gasteiger charge is -2.14. The molecule has 0 fully saturated rings. The summed E-state index contributed by atoms with van der Waals surface area (Å²) in [6.45, 7) is 4.32. The van der Waals surface area contributed by atoms with E-state index in [4.69, 9.17) is 22.1 Å². The number of ether oxygens (including phenoxy) is 1. The highest BCUT2D eigenvalue weighted by Crippen LogP contribution is 2.32. The second-order valence-corrected chi connectivity index (χ2v) is 4.76. The minimum Gasteiger partial charge on any atom is -0.489 e. The van der Waals surface area contributed by atoms with Gasteiger partial charge < -0.3 is 10.5 Å². The van der Waals surface area contributed by atoms with Gasteiger partial charge in [-0.05, 0) is 31.0 Å². The first-order chi connectivity index (χ1) is 8.60. The Hall–Kier alpha value is -0.800. The molecule has 0 saturated heterocycles. The molecule has 0 aliphatic carbocycles. The first-order valence-corrected chi connectivity index (χ1v) is 6.85. The van der Waals surface area contributed by atoms with Crippen molar-refractivity contribution in [3.05, 3.63) is 28.5 Å². The molecule has 0 aliphatic heterocycles. The molecule has 2 nitrogen and oxygen atoms in total. The van der Waals surface area contributed by atoms with Gasteiger partial charge in [0.05, 0.1) is 11.6 Å². The lowest BCUT2D eigenvalue weighted by molar-refractivity contribution is 0.321. The second kappa shape index (κ2) is 7.59. The van der Waals surface area contributed by atoms with Gasteiger partial charge in [0, 0.05) is 6.04 Å². The van der Waals surface area contributed by atoms with Gasteiger partial charge in [-0.25, -0.2) is 4.39 Å². The number of nitrogens with two attached hydrogens (primary N) is 1. The van der Waals surface area contributed by atoms with Gasteiger partial charge in [-0.2, -0.15) is 0 Å². The Bertz CT molecular complexity index is 361. The van der Waals surface area contributed by atoms with Crippen molar-refractivity contribution in [2.24, 2.45) is 5.73 Å². The normalized spacial score (nSPS) is 12.5. The van der Waals surface area contributed by atoms with Crippen molar-refractivity contribution in [1.29, 1.82) is 0 Å². The molecule has 0 spiro atoms. The van der Waals surface area contributed by atoms with E-state index >= 15 is 0 Å². The summed E-state index contributed by atoms with van der Waals surface area (Å²) in [6, 6.07) is 2.96. The molecule has 0 radical (unpaired) electrons. The van der Waals surface area contributed by atoms with Crippen molar-refractivity contribution in [3.63, 3.8) is 0 Å². The molecule has 0 amide bonds. The molecule has 0 saturated carbocycles. The monoisotopic (exact) mass is 273 g/mol. The first-order valence-electron chi connectivity index (χ1n) is 6.47.